The Bertz CT molecular complexity index is 366. The third-order valence-electron chi connectivity index (χ3n) is 2.72. The van der Waals surface area contributed by atoms with E-state index in [0.29, 0.717) is 0 Å². The molecule has 1 aliphatic heterocycles. The van der Waals surface area contributed by atoms with E-state index in [1.807, 2.05) is 0 Å². The molecular weight excluding hydrogens is 242 g/mol. The standard InChI is InChI=1S/C10H15N3O5/c11-7(14)3-1-2-6(10(17)12-18)13-8(15)4-5-9(13)16/h6,18H,1-5H2,(H2,11,14)(H,12,17). The highest BCUT2D eigenvalue weighted by atomic mass is 16.5. The van der Waals surface area contributed by atoms with Crippen molar-refractivity contribution in [3.63, 3.8) is 0 Å². The second-order valence-electron chi connectivity index (χ2n) is 4.01. The summed E-state index contributed by atoms with van der Waals surface area (Å²) in [5, 5.41) is 8.61. The fourth-order valence-corrected chi connectivity index (χ4v) is 1.86. The van der Waals surface area contributed by atoms with E-state index in [1.165, 1.54) is 5.48 Å². The molecule has 1 aliphatic rings. The Labute approximate surface area is 103 Å². The van der Waals surface area contributed by atoms with Crippen LogP contribution in [0.3, 0.4) is 0 Å². The molecule has 0 saturated carbocycles. The summed E-state index contributed by atoms with van der Waals surface area (Å²) < 4.78 is 0. The zero-order chi connectivity index (χ0) is 13.7. The van der Waals surface area contributed by atoms with Crippen LogP contribution in [0.2, 0.25) is 0 Å². The molecule has 0 aliphatic carbocycles. The average molecular weight is 257 g/mol. The summed E-state index contributed by atoms with van der Waals surface area (Å²) >= 11 is 0. The van der Waals surface area contributed by atoms with Crippen molar-refractivity contribution in [2.45, 2.75) is 38.1 Å². The number of imide groups is 1. The molecule has 1 heterocycles. The smallest absolute Gasteiger partial charge is 0.266 e. The molecule has 0 aromatic rings. The molecule has 100 valence electrons. The number of nitrogens with zero attached hydrogens (tertiary/aromatic N) is 1. The summed E-state index contributed by atoms with van der Waals surface area (Å²) in [7, 11) is 0. The third-order valence-corrected chi connectivity index (χ3v) is 2.72. The minimum Gasteiger partial charge on any atom is -0.370 e. The Morgan fingerprint density at radius 2 is 1.89 bits per heavy atom. The summed E-state index contributed by atoms with van der Waals surface area (Å²) in [4.78, 5) is 45.9. The Kier molecular flexibility index (Phi) is 4.78. The van der Waals surface area contributed by atoms with Gasteiger partial charge >= 0.3 is 0 Å². The summed E-state index contributed by atoms with van der Waals surface area (Å²) in [5.41, 5.74) is 6.38. The maximum absolute atomic E-state index is 11.5. The predicted molar refractivity (Wildman–Crippen MR) is 57.8 cm³/mol. The highest BCUT2D eigenvalue weighted by Gasteiger charge is 2.38. The molecule has 18 heavy (non-hydrogen) atoms. The number of likely N-dealkylation sites (tertiary alicyclic amines) is 1. The monoisotopic (exact) mass is 257 g/mol. The van der Waals surface area contributed by atoms with Gasteiger partial charge in [-0.3, -0.25) is 29.3 Å². The second kappa shape index (κ2) is 6.10. The Hall–Kier alpha value is -1.96. The number of nitrogens with two attached hydrogens (primary N) is 1. The molecule has 0 bridgehead atoms. The van der Waals surface area contributed by atoms with Gasteiger partial charge in [-0.1, -0.05) is 0 Å². The van der Waals surface area contributed by atoms with E-state index in [2.05, 4.69) is 0 Å². The normalized spacial score (nSPS) is 16.8. The lowest BCUT2D eigenvalue weighted by atomic mass is 10.1. The Morgan fingerprint density at radius 1 is 1.33 bits per heavy atom. The zero-order valence-corrected chi connectivity index (χ0v) is 9.72. The van der Waals surface area contributed by atoms with Crippen molar-refractivity contribution in [2.75, 3.05) is 0 Å². The van der Waals surface area contributed by atoms with E-state index in [0.717, 1.165) is 4.90 Å². The first kappa shape index (κ1) is 14.1. The average Bonchev–Trinajstić information content (AvgIpc) is 2.64. The summed E-state index contributed by atoms with van der Waals surface area (Å²) in [6, 6.07) is -1.09. The molecule has 4 amide bonds. The van der Waals surface area contributed by atoms with Gasteiger partial charge in [-0.15, -0.1) is 0 Å². The number of carbonyl (C=O) groups excluding carboxylic acids is 4. The van der Waals surface area contributed by atoms with Gasteiger partial charge in [-0.25, -0.2) is 5.48 Å². The molecule has 8 heteroatoms. The number of nitrogens with one attached hydrogen (secondary N) is 1. The molecule has 0 spiro atoms. The number of hydroxylamine groups is 1. The van der Waals surface area contributed by atoms with Crippen molar-refractivity contribution in [2.24, 2.45) is 5.73 Å². The Balaban J connectivity index is 2.71. The third kappa shape index (κ3) is 3.27. The van der Waals surface area contributed by atoms with Crippen LogP contribution in [-0.2, 0) is 19.2 Å². The van der Waals surface area contributed by atoms with Crippen molar-refractivity contribution in [3.05, 3.63) is 0 Å². The van der Waals surface area contributed by atoms with Crippen LogP contribution in [0, 0.1) is 0 Å². The number of hydrogen-bond acceptors (Lipinski definition) is 5. The van der Waals surface area contributed by atoms with Crippen molar-refractivity contribution >= 4 is 23.6 Å². The first-order valence-corrected chi connectivity index (χ1v) is 5.54. The predicted octanol–water partition coefficient (Wildman–Crippen LogP) is -1.33. The summed E-state index contributed by atoms with van der Waals surface area (Å²) in [6.45, 7) is 0. The first-order valence-electron chi connectivity index (χ1n) is 5.54. The van der Waals surface area contributed by atoms with Crippen molar-refractivity contribution in [1.82, 2.24) is 10.4 Å². The molecule has 0 radical (unpaired) electrons. The van der Waals surface area contributed by atoms with Crippen LogP contribution >= 0.6 is 0 Å². The van der Waals surface area contributed by atoms with Crippen LogP contribution in [0.1, 0.15) is 32.1 Å². The van der Waals surface area contributed by atoms with Crippen molar-refractivity contribution in [1.29, 1.82) is 0 Å². The molecule has 4 N–H and O–H groups in total. The SMILES string of the molecule is NC(=O)CCCC(C(=O)NO)N1C(=O)CCC1=O. The largest absolute Gasteiger partial charge is 0.370 e. The molecule has 1 saturated heterocycles. The van der Waals surface area contributed by atoms with E-state index in [-0.39, 0.29) is 32.1 Å². The van der Waals surface area contributed by atoms with Crippen LogP contribution in [0.5, 0.6) is 0 Å². The number of carbonyl (C=O) groups is 4. The van der Waals surface area contributed by atoms with Crippen LogP contribution in [0.15, 0.2) is 0 Å². The lowest BCUT2D eigenvalue weighted by Gasteiger charge is -2.23. The van der Waals surface area contributed by atoms with Gasteiger partial charge in [0.2, 0.25) is 17.7 Å². The maximum atomic E-state index is 11.5. The number of hydrogen-bond donors (Lipinski definition) is 3. The van der Waals surface area contributed by atoms with Gasteiger partial charge in [0.05, 0.1) is 0 Å². The summed E-state index contributed by atoms with van der Waals surface area (Å²) in [5.74, 6) is -2.28. The molecule has 0 aromatic heterocycles. The van der Waals surface area contributed by atoms with Crippen LogP contribution < -0.4 is 11.2 Å². The van der Waals surface area contributed by atoms with Crippen LogP contribution in [0.4, 0.5) is 0 Å². The molecule has 1 rings (SSSR count). The van der Waals surface area contributed by atoms with Gasteiger partial charge in [-0.2, -0.15) is 0 Å². The van der Waals surface area contributed by atoms with Crippen molar-refractivity contribution < 1.29 is 24.4 Å². The van der Waals surface area contributed by atoms with Gasteiger partial charge in [0.1, 0.15) is 6.04 Å². The van der Waals surface area contributed by atoms with Gasteiger partial charge in [0, 0.05) is 19.3 Å². The van der Waals surface area contributed by atoms with Crippen LogP contribution in [0.25, 0.3) is 0 Å². The number of primary amides is 1. The van der Waals surface area contributed by atoms with E-state index in [4.69, 9.17) is 10.9 Å². The quantitative estimate of drug-likeness (QED) is 0.308. The highest BCUT2D eigenvalue weighted by Crippen LogP contribution is 2.19. The topological polar surface area (TPSA) is 130 Å². The van der Waals surface area contributed by atoms with E-state index in [1.54, 1.807) is 0 Å². The van der Waals surface area contributed by atoms with Crippen molar-refractivity contribution in [3.8, 4) is 0 Å². The van der Waals surface area contributed by atoms with E-state index >= 15 is 0 Å². The first-order chi connectivity index (χ1) is 8.47. The molecule has 8 nitrogen and oxygen atoms in total. The number of amides is 4. The number of rotatable bonds is 6. The summed E-state index contributed by atoms with van der Waals surface area (Å²) in [6.07, 6.45) is 0.510. The molecule has 1 fully saturated rings. The lowest BCUT2D eigenvalue weighted by Crippen LogP contribution is -2.48. The van der Waals surface area contributed by atoms with Gasteiger partial charge in [0.25, 0.3) is 5.91 Å². The molecular formula is C10H15N3O5. The van der Waals surface area contributed by atoms with Gasteiger partial charge in [-0.05, 0) is 12.8 Å². The zero-order valence-electron chi connectivity index (χ0n) is 9.72. The van der Waals surface area contributed by atoms with Gasteiger partial charge in [0.15, 0.2) is 0 Å². The minimum atomic E-state index is -1.09. The van der Waals surface area contributed by atoms with Gasteiger partial charge < -0.3 is 5.73 Å². The molecule has 1 atom stereocenters. The Morgan fingerprint density at radius 3 is 2.33 bits per heavy atom. The van der Waals surface area contributed by atoms with E-state index < -0.39 is 29.7 Å². The second-order valence-corrected chi connectivity index (χ2v) is 4.01. The highest BCUT2D eigenvalue weighted by molar-refractivity contribution is 6.05. The minimum absolute atomic E-state index is 0.0471. The maximum Gasteiger partial charge on any atom is 0.266 e. The van der Waals surface area contributed by atoms with E-state index in [9.17, 15) is 19.2 Å². The van der Waals surface area contributed by atoms with Crippen LogP contribution in [-0.4, -0.2) is 39.8 Å². The molecule has 1 unspecified atom stereocenters. The fourth-order valence-electron chi connectivity index (χ4n) is 1.86. The molecule has 0 aromatic carbocycles. The fraction of sp³-hybridized carbons (Fsp3) is 0.600. The lowest BCUT2D eigenvalue weighted by molar-refractivity contribution is -0.149.